The molecule has 34 heavy (non-hydrogen) atoms. The van der Waals surface area contributed by atoms with Gasteiger partial charge >= 0.3 is 6.18 Å². The van der Waals surface area contributed by atoms with Crippen LogP contribution in [0.3, 0.4) is 0 Å². The van der Waals surface area contributed by atoms with Crippen LogP contribution in [0.2, 0.25) is 0 Å². The van der Waals surface area contributed by atoms with Crippen molar-refractivity contribution in [2.24, 2.45) is 5.92 Å². The maximum Gasteiger partial charge on any atom is 0.416 e. The Labute approximate surface area is 196 Å². The third kappa shape index (κ3) is 6.08. The molecule has 1 saturated carbocycles. The molecule has 0 saturated heterocycles. The molecule has 0 amide bonds. The van der Waals surface area contributed by atoms with Crippen LogP contribution in [-0.2, 0) is 19.1 Å². The lowest BCUT2D eigenvalue weighted by molar-refractivity contribution is -0.137. The Morgan fingerprint density at radius 1 is 1.00 bits per heavy atom. The Kier molecular flexibility index (Phi) is 7.12. The summed E-state index contributed by atoms with van der Waals surface area (Å²) in [5.41, 5.74) is 0.921. The van der Waals surface area contributed by atoms with Crippen molar-refractivity contribution in [3.63, 3.8) is 0 Å². The molecule has 1 fully saturated rings. The van der Waals surface area contributed by atoms with Crippen LogP contribution in [-0.4, -0.2) is 17.8 Å². The van der Waals surface area contributed by atoms with Gasteiger partial charge in [-0.25, -0.2) is 4.39 Å². The second-order valence-electron chi connectivity index (χ2n) is 8.69. The van der Waals surface area contributed by atoms with Crippen LogP contribution in [0.1, 0.15) is 36.5 Å². The summed E-state index contributed by atoms with van der Waals surface area (Å²) >= 11 is 0. The number of halogens is 4. The molecule has 0 bridgehead atoms. The topological polar surface area (TPSA) is 32.7 Å². The summed E-state index contributed by atoms with van der Waals surface area (Å²) in [6, 6.07) is 17.5. The minimum atomic E-state index is -4.61. The number of nitrogens with zero attached hydrogens (tertiary/aromatic N) is 1. The summed E-state index contributed by atoms with van der Waals surface area (Å²) < 4.78 is 59.4. The molecule has 0 aliphatic heterocycles. The number of aryl methyl sites for hydroxylation is 1. The third-order valence-electron chi connectivity index (χ3n) is 6.04. The number of hydrogen-bond donors (Lipinski definition) is 1. The molecule has 1 atom stereocenters. The van der Waals surface area contributed by atoms with Crippen molar-refractivity contribution in [3.05, 3.63) is 89.2 Å². The summed E-state index contributed by atoms with van der Waals surface area (Å²) in [6.45, 7) is 2.31. The molecule has 1 N–H and O–H groups in total. The summed E-state index contributed by atoms with van der Waals surface area (Å²) in [4.78, 5) is 1.78. The van der Waals surface area contributed by atoms with E-state index in [1.807, 2.05) is 30.3 Å². The van der Waals surface area contributed by atoms with Gasteiger partial charge in [0, 0.05) is 30.4 Å². The average Bonchev–Trinajstić information content (AvgIpc) is 3.65. The van der Waals surface area contributed by atoms with Gasteiger partial charge in [0.1, 0.15) is 17.3 Å². The van der Waals surface area contributed by atoms with E-state index >= 15 is 0 Å². The molecule has 7 heteroatoms. The van der Waals surface area contributed by atoms with E-state index in [9.17, 15) is 22.7 Å². The van der Waals surface area contributed by atoms with E-state index in [1.54, 1.807) is 23.1 Å². The Hall–Kier alpha value is -3.06. The zero-order valence-electron chi connectivity index (χ0n) is 18.9. The normalized spacial score (nSPS) is 14.6. The molecule has 3 aromatic rings. The lowest BCUT2D eigenvalue weighted by Crippen LogP contribution is -2.33. The van der Waals surface area contributed by atoms with Gasteiger partial charge < -0.3 is 14.7 Å². The number of aliphatic hydroxyl groups is 1. The number of ether oxygens (including phenoxy) is 1. The van der Waals surface area contributed by atoms with E-state index < -0.39 is 23.7 Å². The molecule has 4 rings (SSSR count). The Bertz CT molecular complexity index is 1130. The smallest absolute Gasteiger partial charge is 0.416 e. The number of hydrogen-bond acceptors (Lipinski definition) is 3. The fourth-order valence-corrected chi connectivity index (χ4v) is 3.88. The SMILES string of the molecule is CCc1cccc(Oc2cccc(N(Cc3ccc(C(F)(F)F)cc3F)CC(O)C3CC3)c2)c1. The monoisotopic (exact) mass is 473 g/mol. The standard InChI is InChI=1S/C27H27F4NO2/c1-2-18-5-3-7-23(13-18)34-24-8-4-6-22(15-24)32(17-26(33)19-9-10-19)16-20-11-12-21(14-25(20)28)27(29,30)31/h3-8,11-15,19,26,33H,2,9-10,16-17H2,1H3. The van der Waals surface area contributed by atoms with E-state index in [-0.39, 0.29) is 24.6 Å². The summed E-state index contributed by atoms with van der Waals surface area (Å²) in [5.74, 6) is 0.528. The van der Waals surface area contributed by atoms with E-state index in [1.165, 1.54) is 0 Å². The maximum atomic E-state index is 14.6. The van der Waals surface area contributed by atoms with Crippen LogP contribution in [0, 0.1) is 11.7 Å². The molecule has 3 nitrogen and oxygen atoms in total. The van der Waals surface area contributed by atoms with Crippen molar-refractivity contribution in [3.8, 4) is 11.5 Å². The Morgan fingerprint density at radius 3 is 2.35 bits per heavy atom. The van der Waals surface area contributed by atoms with Crippen molar-refractivity contribution in [1.29, 1.82) is 0 Å². The minimum absolute atomic E-state index is 0.0164. The molecule has 0 spiro atoms. The number of anilines is 1. The molecule has 0 radical (unpaired) electrons. The molecular formula is C27H27F4NO2. The Balaban J connectivity index is 1.59. The first kappa shape index (κ1) is 24.1. The highest BCUT2D eigenvalue weighted by Gasteiger charge is 2.33. The maximum absolute atomic E-state index is 14.6. The van der Waals surface area contributed by atoms with Gasteiger partial charge in [0.05, 0.1) is 11.7 Å². The number of rotatable bonds is 9. The van der Waals surface area contributed by atoms with Crippen molar-refractivity contribution in [1.82, 2.24) is 0 Å². The summed E-state index contributed by atoms with van der Waals surface area (Å²) in [7, 11) is 0. The zero-order chi connectivity index (χ0) is 24.3. The first-order valence-corrected chi connectivity index (χ1v) is 11.4. The number of aliphatic hydroxyl groups excluding tert-OH is 1. The lowest BCUT2D eigenvalue weighted by Gasteiger charge is -2.28. The van der Waals surface area contributed by atoms with Crippen molar-refractivity contribution < 1.29 is 27.4 Å². The molecule has 1 aliphatic rings. The summed E-state index contributed by atoms with van der Waals surface area (Å²) in [5, 5.41) is 10.6. The van der Waals surface area contributed by atoms with Gasteiger partial charge in [0.15, 0.2) is 0 Å². The van der Waals surface area contributed by atoms with Crippen LogP contribution < -0.4 is 9.64 Å². The highest BCUT2D eigenvalue weighted by atomic mass is 19.4. The highest BCUT2D eigenvalue weighted by Crippen LogP contribution is 2.35. The first-order chi connectivity index (χ1) is 16.2. The van der Waals surface area contributed by atoms with Crippen LogP contribution in [0.5, 0.6) is 11.5 Å². The highest BCUT2D eigenvalue weighted by molar-refractivity contribution is 5.52. The average molecular weight is 474 g/mol. The minimum Gasteiger partial charge on any atom is -0.457 e. The van der Waals surface area contributed by atoms with Crippen molar-refractivity contribution in [2.75, 3.05) is 11.4 Å². The predicted octanol–water partition coefficient (Wildman–Crippen LogP) is 6.98. The quantitative estimate of drug-likeness (QED) is 0.341. The fourth-order valence-electron chi connectivity index (χ4n) is 3.88. The number of alkyl halides is 3. The first-order valence-electron chi connectivity index (χ1n) is 11.4. The van der Waals surface area contributed by atoms with E-state index in [2.05, 4.69) is 6.92 Å². The van der Waals surface area contributed by atoms with Gasteiger partial charge in [0.25, 0.3) is 0 Å². The molecule has 0 heterocycles. The predicted molar refractivity (Wildman–Crippen MR) is 124 cm³/mol. The van der Waals surface area contributed by atoms with Crippen molar-refractivity contribution >= 4 is 5.69 Å². The molecule has 1 aliphatic carbocycles. The van der Waals surface area contributed by atoms with E-state index in [0.29, 0.717) is 23.3 Å². The molecular weight excluding hydrogens is 446 g/mol. The Morgan fingerprint density at radius 2 is 1.71 bits per heavy atom. The largest absolute Gasteiger partial charge is 0.457 e. The third-order valence-corrected chi connectivity index (χ3v) is 6.04. The van der Waals surface area contributed by atoms with Gasteiger partial charge in [-0.15, -0.1) is 0 Å². The van der Waals surface area contributed by atoms with Gasteiger partial charge in [-0.1, -0.05) is 31.2 Å². The van der Waals surface area contributed by atoms with Crippen LogP contribution in [0.4, 0.5) is 23.2 Å². The van der Waals surface area contributed by atoms with Crippen LogP contribution in [0.15, 0.2) is 66.7 Å². The van der Waals surface area contributed by atoms with E-state index in [4.69, 9.17) is 4.74 Å². The second kappa shape index (κ2) is 10.1. The van der Waals surface area contributed by atoms with Crippen LogP contribution in [0.25, 0.3) is 0 Å². The molecule has 180 valence electrons. The zero-order valence-corrected chi connectivity index (χ0v) is 18.9. The number of benzene rings is 3. The van der Waals surface area contributed by atoms with Gasteiger partial charge in [-0.05, 0) is 67.1 Å². The molecule has 3 aromatic carbocycles. The fraction of sp³-hybridized carbons (Fsp3) is 0.333. The van der Waals surface area contributed by atoms with Gasteiger partial charge in [0.2, 0.25) is 0 Å². The molecule has 1 unspecified atom stereocenters. The van der Waals surface area contributed by atoms with Gasteiger partial charge in [-0.3, -0.25) is 0 Å². The van der Waals surface area contributed by atoms with E-state index in [0.717, 1.165) is 37.0 Å². The summed E-state index contributed by atoms with van der Waals surface area (Å²) in [6.07, 6.45) is -2.48. The van der Waals surface area contributed by atoms with Gasteiger partial charge in [-0.2, -0.15) is 13.2 Å². The van der Waals surface area contributed by atoms with Crippen molar-refractivity contribution in [2.45, 2.75) is 45.0 Å². The van der Waals surface area contributed by atoms with Crippen LogP contribution >= 0.6 is 0 Å². The second-order valence-corrected chi connectivity index (χ2v) is 8.69. The molecule has 0 aromatic heterocycles. The lowest BCUT2D eigenvalue weighted by atomic mass is 10.1.